The van der Waals surface area contributed by atoms with Crippen molar-refractivity contribution in [3.05, 3.63) is 50.2 Å². The molecule has 5 nitrogen and oxygen atoms in total. The van der Waals surface area contributed by atoms with Crippen molar-refractivity contribution in [3.8, 4) is 0 Å². The van der Waals surface area contributed by atoms with Gasteiger partial charge in [0.05, 0.1) is 3.79 Å². The van der Waals surface area contributed by atoms with Crippen LogP contribution in [0.25, 0.3) is 0 Å². The number of rotatable bonds is 6. The lowest BCUT2D eigenvalue weighted by molar-refractivity contribution is -0.143. The molecule has 118 valence electrons. The summed E-state index contributed by atoms with van der Waals surface area (Å²) in [5, 5.41) is 0. The highest BCUT2D eigenvalue weighted by Gasteiger charge is 2.20. The summed E-state index contributed by atoms with van der Waals surface area (Å²) in [5.41, 5.74) is 0.838. The van der Waals surface area contributed by atoms with Crippen molar-refractivity contribution in [1.82, 2.24) is 4.72 Å². The molecule has 0 aliphatic rings. The van der Waals surface area contributed by atoms with Crippen LogP contribution in [0.2, 0.25) is 0 Å². The van der Waals surface area contributed by atoms with Crippen molar-refractivity contribution in [2.75, 3.05) is 6.54 Å². The zero-order valence-electron chi connectivity index (χ0n) is 11.1. The number of thiophene rings is 1. The van der Waals surface area contributed by atoms with Crippen molar-refractivity contribution in [1.29, 1.82) is 0 Å². The van der Waals surface area contributed by atoms with Gasteiger partial charge < -0.3 is 4.74 Å². The highest BCUT2D eigenvalue weighted by molar-refractivity contribution is 9.13. The minimum absolute atomic E-state index is 0.109. The first-order valence-electron chi connectivity index (χ1n) is 6.02. The number of hydrogen-bond donors (Lipinski definition) is 1. The average molecular weight is 469 g/mol. The lowest BCUT2D eigenvalue weighted by Gasteiger charge is -2.06. The number of sulfonamides is 1. The van der Waals surface area contributed by atoms with Gasteiger partial charge >= 0.3 is 5.97 Å². The zero-order valence-corrected chi connectivity index (χ0v) is 15.9. The quantitative estimate of drug-likeness (QED) is 0.660. The molecule has 0 bridgehead atoms. The number of halogens is 2. The molecule has 1 N–H and O–H groups in total. The Morgan fingerprint density at radius 3 is 2.50 bits per heavy atom. The molecule has 2 rings (SSSR count). The Labute approximate surface area is 149 Å². The third kappa shape index (κ3) is 4.88. The van der Waals surface area contributed by atoms with Crippen molar-refractivity contribution >= 4 is 59.2 Å². The molecule has 0 unspecified atom stereocenters. The molecule has 2 aromatic rings. The van der Waals surface area contributed by atoms with E-state index in [1.807, 2.05) is 30.3 Å². The van der Waals surface area contributed by atoms with Gasteiger partial charge in [-0.05, 0) is 43.5 Å². The van der Waals surface area contributed by atoms with E-state index in [0.29, 0.717) is 8.26 Å². The van der Waals surface area contributed by atoms with Crippen LogP contribution in [-0.4, -0.2) is 20.9 Å². The summed E-state index contributed by atoms with van der Waals surface area (Å²) in [4.78, 5) is 11.6. The van der Waals surface area contributed by atoms with E-state index in [4.69, 9.17) is 4.74 Å². The molecule has 1 aromatic heterocycles. The SMILES string of the molecule is O=C(CNS(=O)(=O)c1cc(Br)c(Br)s1)OCc1ccccc1. The molecular formula is C13H11Br2NO4S2. The summed E-state index contributed by atoms with van der Waals surface area (Å²) in [5.74, 6) is -0.637. The molecule has 0 aliphatic heterocycles. The van der Waals surface area contributed by atoms with E-state index >= 15 is 0 Å². The minimum atomic E-state index is -3.73. The van der Waals surface area contributed by atoms with E-state index in [1.165, 1.54) is 6.07 Å². The number of esters is 1. The van der Waals surface area contributed by atoms with Gasteiger partial charge in [-0.2, -0.15) is 4.72 Å². The number of carbonyl (C=O) groups is 1. The maximum atomic E-state index is 12.0. The molecule has 0 aliphatic carbocycles. The Balaban J connectivity index is 1.87. The van der Waals surface area contributed by atoms with E-state index in [-0.39, 0.29) is 10.8 Å². The van der Waals surface area contributed by atoms with E-state index in [0.717, 1.165) is 16.9 Å². The van der Waals surface area contributed by atoms with Crippen molar-refractivity contribution in [3.63, 3.8) is 0 Å². The van der Waals surface area contributed by atoms with Crippen molar-refractivity contribution in [2.45, 2.75) is 10.8 Å². The number of benzene rings is 1. The fraction of sp³-hybridized carbons (Fsp3) is 0.154. The van der Waals surface area contributed by atoms with Gasteiger partial charge in [0.25, 0.3) is 10.0 Å². The van der Waals surface area contributed by atoms with Crippen molar-refractivity contribution in [2.24, 2.45) is 0 Å². The van der Waals surface area contributed by atoms with Crippen LogP contribution >= 0.6 is 43.2 Å². The smallest absolute Gasteiger partial charge is 0.321 e. The van der Waals surface area contributed by atoms with Crippen LogP contribution in [0.4, 0.5) is 0 Å². The molecule has 0 saturated heterocycles. The summed E-state index contributed by atoms with van der Waals surface area (Å²) in [6, 6.07) is 10.6. The van der Waals surface area contributed by atoms with Gasteiger partial charge in [-0.15, -0.1) is 11.3 Å². The van der Waals surface area contributed by atoms with Crippen LogP contribution in [0.15, 0.2) is 48.9 Å². The zero-order chi connectivity index (χ0) is 16.2. The molecule has 0 amide bonds. The maximum absolute atomic E-state index is 12.0. The number of ether oxygens (including phenoxy) is 1. The minimum Gasteiger partial charge on any atom is -0.460 e. The third-order valence-electron chi connectivity index (χ3n) is 2.54. The lowest BCUT2D eigenvalue weighted by Crippen LogP contribution is -2.30. The normalized spacial score (nSPS) is 11.4. The number of nitrogens with one attached hydrogen (secondary N) is 1. The number of hydrogen-bond acceptors (Lipinski definition) is 5. The first-order chi connectivity index (χ1) is 10.4. The average Bonchev–Trinajstić information content (AvgIpc) is 2.85. The van der Waals surface area contributed by atoms with Crippen LogP contribution in [0.5, 0.6) is 0 Å². The Kier molecular flexibility index (Phi) is 6.16. The third-order valence-corrected chi connectivity index (χ3v) is 7.67. The molecule has 0 saturated carbocycles. The van der Waals surface area contributed by atoms with E-state index < -0.39 is 22.5 Å². The Bertz CT molecular complexity index is 740. The molecule has 0 spiro atoms. The van der Waals surface area contributed by atoms with Crippen LogP contribution in [0, 0.1) is 0 Å². The van der Waals surface area contributed by atoms with E-state index in [2.05, 4.69) is 36.6 Å². The molecule has 0 atom stereocenters. The van der Waals surface area contributed by atoms with Crippen LogP contribution in [0.1, 0.15) is 5.56 Å². The summed E-state index contributed by atoms with van der Waals surface area (Å²) in [7, 11) is -3.73. The van der Waals surface area contributed by atoms with Gasteiger partial charge in [-0.3, -0.25) is 4.79 Å². The van der Waals surface area contributed by atoms with E-state index in [1.54, 1.807) is 0 Å². The summed E-state index contributed by atoms with van der Waals surface area (Å²) in [6.45, 7) is -0.306. The predicted molar refractivity (Wildman–Crippen MR) is 91.1 cm³/mol. The first kappa shape index (κ1) is 17.6. The van der Waals surface area contributed by atoms with Gasteiger partial charge in [0.15, 0.2) is 0 Å². The Morgan fingerprint density at radius 1 is 1.23 bits per heavy atom. The molecule has 0 radical (unpaired) electrons. The van der Waals surface area contributed by atoms with Crippen LogP contribution < -0.4 is 4.72 Å². The second-order valence-corrected chi connectivity index (χ2v) is 9.38. The van der Waals surface area contributed by atoms with Crippen LogP contribution in [0.3, 0.4) is 0 Å². The second-order valence-electron chi connectivity index (χ2n) is 4.16. The lowest BCUT2D eigenvalue weighted by atomic mass is 10.2. The highest BCUT2D eigenvalue weighted by Crippen LogP contribution is 2.34. The van der Waals surface area contributed by atoms with Crippen LogP contribution in [-0.2, 0) is 26.2 Å². The maximum Gasteiger partial charge on any atom is 0.321 e. The van der Waals surface area contributed by atoms with Crippen molar-refractivity contribution < 1.29 is 17.9 Å². The molecule has 1 aromatic carbocycles. The molecule has 0 fully saturated rings. The number of carbonyl (C=O) groups excluding carboxylic acids is 1. The summed E-state index contributed by atoms with van der Waals surface area (Å²) in [6.07, 6.45) is 0. The molecule has 9 heteroatoms. The van der Waals surface area contributed by atoms with Gasteiger partial charge in [-0.1, -0.05) is 30.3 Å². The Morgan fingerprint density at radius 2 is 1.91 bits per heavy atom. The fourth-order valence-corrected chi connectivity index (χ4v) is 5.31. The molecular weight excluding hydrogens is 458 g/mol. The molecule has 22 heavy (non-hydrogen) atoms. The summed E-state index contributed by atoms with van der Waals surface area (Å²) < 4.78 is 32.7. The Hall–Kier alpha value is -0.740. The van der Waals surface area contributed by atoms with Gasteiger partial charge in [-0.25, -0.2) is 8.42 Å². The predicted octanol–water partition coefficient (Wildman–Crippen LogP) is 3.29. The summed E-state index contributed by atoms with van der Waals surface area (Å²) >= 11 is 7.50. The van der Waals surface area contributed by atoms with Gasteiger partial charge in [0.2, 0.25) is 0 Å². The van der Waals surface area contributed by atoms with Gasteiger partial charge in [0, 0.05) is 4.47 Å². The van der Waals surface area contributed by atoms with Gasteiger partial charge in [0.1, 0.15) is 17.4 Å². The largest absolute Gasteiger partial charge is 0.460 e. The fourth-order valence-electron chi connectivity index (χ4n) is 1.47. The molecule has 1 heterocycles. The first-order valence-corrected chi connectivity index (χ1v) is 9.91. The highest BCUT2D eigenvalue weighted by atomic mass is 79.9. The monoisotopic (exact) mass is 467 g/mol. The second kappa shape index (κ2) is 7.69. The van der Waals surface area contributed by atoms with E-state index in [9.17, 15) is 13.2 Å². The topological polar surface area (TPSA) is 72.5 Å². The standard InChI is InChI=1S/C13H11Br2NO4S2/c14-10-6-12(21-13(10)15)22(18,19)16-7-11(17)20-8-9-4-2-1-3-5-9/h1-6,16H,7-8H2.